The van der Waals surface area contributed by atoms with Crippen molar-refractivity contribution in [2.45, 2.75) is 38.8 Å². The summed E-state index contributed by atoms with van der Waals surface area (Å²) in [5.41, 5.74) is 0. The molecule has 1 unspecified atom stereocenters. The van der Waals surface area contributed by atoms with E-state index in [4.69, 9.17) is 0 Å². The lowest BCUT2D eigenvalue weighted by Gasteiger charge is -2.27. The van der Waals surface area contributed by atoms with E-state index in [0.29, 0.717) is 6.17 Å². The SMILES string of the molecule is CCN1C=CC=[N+]2CCCCCC12. The number of fused-ring (bicyclic) bond motifs is 1. The van der Waals surface area contributed by atoms with Crippen LogP contribution in [0.25, 0.3) is 0 Å². The molecule has 1 fully saturated rings. The van der Waals surface area contributed by atoms with Gasteiger partial charge in [-0.2, -0.15) is 0 Å². The number of hydrogen-bond acceptors (Lipinski definition) is 1. The minimum Gasteiger partial charge on any atom is -0.321 e. The highest BCUT2D eigenvalue weighted by molar-refractivity contribution is 5.66. The van der Waals surface area contributed by atoms with Crippen LogP contribution in [0.15, 0.2) is 12.3 Å². The Hall–Kier alpha value is -0.790. The average Bonchev–Trinajstić information content (AvgIpc) is 2.41. The number of hydrogen-bond donors (Lipinski definition) is 0. The molecule has 2 aliphatic rings. The molecule has 13 heavy (non-hydrogen) atoms. The first kappa shape index (κ1) is 8.79. The Morgan fingerprint density at radius 1 is 1.38 bits per heavy atom. The quantitative estimate of drug-likeness (QED) is 0.556. The van der Waals surface area contributed by atoms with Crippen molar-refractivity contribution in [2.24, 2.45) is 0 Å². The Labute approximate surface area is 80.6 Å². The average molecular weight is 179 g/mol. The first-order valence-corrected chi connectivity index (χ1v) is 5.45. The lowest BCUT2D eigenvalue weighted by molar-refractivity contribution is -0.583. The normalized spacial score (nSPS) is 27.9. The standard InChI is InChI=1S/C11H19N2/c1-2-12-9-6-10-13-8-5-3-4-7-11(12)13/h6,9-11H,2-5,7-8H2,1H3/q+1. The van der Waals surface area contributed by atoms with E-state index < -0.39 is 0 Å². The highest BCUT2D eigenvalue weighted by Gasteiger charge is 2.28. The Morgan fingerprint density at radius 2 is 2.31 bits per heavy atom. The van der Waals surface area contributed by atoms with Crippen LogP contribution in [-0.4, -0.2) is 34.9 Å². The van der Waals surface area contributed by atoms with Crippen LogP contribution in [0.5, 0.6) is 0 Å². The molecule has 2 heteroatoms. The van der Waals surface area contributed by atoms with Gasteiger partial charge >= 0.3 is 0 Å². The van der Waals surface area contributed by atoms with Crippen LogP contribution in [0.3, 0.4) is 0 Å². The second kappa shape index (κ2) is 3.95. The smallest absolute Gasteiger partial charge is 0.227 e. The van der Waals surface area contributed by atoms with Gasteiger partial charge in [-0.05, 0) is 19.8 Å². The Kier molecular flexibility index (Phi) is 2.67. The van der Waals surface area contributed by atoms with E-state index in [1.807, 2.05) is 0 Å². The van der Waals surface area contributed by atoms with Gasteiger partial charge in [-0.3, -0.25) is 0 Å². The highest BCUT2D eigenvalue weighted by atomic mass is 15.3. The zero-order valence-electron chi connectivity index (χ0n) is 8.45. The minimum atomic E-state index is 0.650. The molecule has 0 radical (unpaired) electrons. The Balaban J connectivity index is 2.14. The second-order valence-electron chi connectivity index (χ2n) is 3.89. The fourth-order valence-corrected chi connectivity index (χ4v) is 2.32. The van der Waals surface area contributed by atoms with Gasteiger partial charge in [0.05, 0.1) is 0 Å². The van der Waals surface area contributed by atoms with Crippen molar-refractivity contribution in [2.75, 3.05) is 13.1 Å². The molecule has 2 rings (SSSR count). The first-order valence-electron chi connectivity index (χ1n) is 5.45. The van der Waals surface area contributed by atoms with Gasteiger partial charge in [-0.1, -0.05) is 0 Å². The summed E-state index contributed by atoms with van der Waals surface area (Å²) in [5.74, 6) is 0. The van der Waals surface area contributed by atoms with Crippen LogP contribution in [0.1, 0.15) is 32.6 Å². The molecule has 2 nitrogen and oxygen atoms in total. The molecule has 72 valence electrons. The molecule has 0 bridgehead atoms. The zero-order chi connectivity index (χ0) is 9.10. The maximum Gasteiger partial charge on any atom is 0.227 e. The monoisotopic (exact) mass is 179 g/mol. The maximum atomic E-state index is 2.50. The molecule has 0 amide bonds. The van der Waals surface area contributed by atoms with E-state index in [2.05, 4.69) is 34.9 Å². The molecule has 2 aliphatic heterocycles. The number of nitrogens with zero attached hydrogens (tertiary/aromatic N) is 2. The summed E-state index contributed by atoms with van der Waals surface area (Å²) in [6.07, 6.45) is 12.8. The van der Waals surface area contributed by atoms with Gasteiger partial charge in [0.15, 0.2) is 6.21 Å². The summed E-state index contributed by atoms with van der Waals surface area (Å²) in [6.45, 7) is 4.61. The van der Waals surface area contributed by atoms with Crippen molar-refractivity contribution < 1.29 is 4.58 Å². The van der Waals surface area contributed by atoms with Crippen LogP contribution in [-0.2, 0) is 0 Å². The van der Waals surface area contributed by atoms with E-state index in [1.165, 1.54) is 32.2 Å². The summed E-state index contributed by atoms with van der Waals surface area (Å²) in [6, 6.07) is 0. The summed E-state index contributed by atoms with van der Waals surface area (Å²) in [7, 11) is 0. The number of allylic oxidation sites excluding steroid dienone is 1. The van der Waals surface area contributed by atoms with Crippen molar-refractivity contribution in [1.29, 1.82) is 0 Å². The molecule has 0 aromatic carbocycles. The van der Waals surface area contributed by atoms with Gasteiger partial charge < -0.3 is 4.90 Å². The van der Waals surface area contributed by atoms with Gasteiger partial charge in [-0.25, -0.2) is 4.58 Å². The topological polar surface area (TPSA) is 6.25 Å². The van der Waals surface area contributed by atoms with Gasteiger partial charge in [-0.15, -0.1) is 0 Å². The van der Waals surface area contributed by atoms with Crippen molar-refractivity contribution in [3.63, 3.8) is 0 Å². The van der Waals surface area contributed by atoms with Crippen LogP contribution < -0.4 is 0 Å². The fraction of sp³-hybridized carbons (Fsp3) is 0.727. The van der Waals surface area contributed by atoms with Crippen LogP contribution in [0.4, 0.5) is 0 Å². The van der Waals surface area contributed by atoms with Gasteiger partial charge in [0.2, 0.25) is 6.17 Å². The third-order valence-electron chi connectivity index (χ3n) is 3.06. The Morgan fingerprint density at radius 3 is 3.15 bits per heavy atom. The molecule has 2 heterocycles. The van der Waals surface area contributed by atoms with Gasteiger partial charge in [0.25, 0.3) is 0 Å². The van der Waals surface area contributed by atoms with E-state index in [1.54, 1.807) is 0 Å². The molecule has 1 saturated heterocycles. The predicted molar refractivity (Wildman–Crippen MR) is 55.0 cm³/mol. The molecular weight excluding hydrogens is 160 g/mol. The highest BCUT2D eigenvalue weighted by Crippen LogP contribution is 2.18. The van der Waals surface area contributed by atoms with E-state index in [0.717, 1.165) is 6.54 Å². The minimum absolute atomic E-state index is 0.650. The molecule has 0 aromatic heterocycles. The maximum absolute atomic E-state index is 2.50. The van der Waals surface area contributed by atoms with E-state index in [9.17, 15) is 0 Å². The van der Waals surface area contributed by atoms with Crippen LogP contribution >= 0.6 is 0 Å². The molecule has 0 spiro atoms. The largest absolute Gasteiger partial charge is 0.321 e. The second-order valence-corrected chi connectivity index (χ2v) is 3.89. The lowest BCUT2D eigenvalue weighted by atomic mass is 10.2. The summed E-state index contributed by atoms with van der Waals surface area (Å²) >= 11 is 0. The number of rotatable bonds is 1. The van der Waals surface area contributed by atoms with E-state index >= 15 is 0 Å². The fourth-order valence-electron chi connectivity index (χ4n) is 2.32. The first-order chi connectivity index (χ1) is 6.42. The Bertz CT molecular complexity index is 230. The molecule has 1 atom stereocenters. The van der Waals surface area contributed by atoms with Crippen LogP contribution in [0.2, 0.25) is 0 Å². The van der Waals surface area contributed by atoms with Crippen molar-refractivity contribution >= 4 is 6.21 Å². The lowest BCUT2D eigenvalue weighted by Crippen LogP contribution is -2.42. The predicted octanol–water partition coefficient (Wildman–Crippen LogP) is 1.82. The zero-order valence-corrected chi connectivity index (χ0v) is 8.45. The van der Waals surface area contributed by atoms with Gasteiger partial charge in [0, 0.05) is 31.7 Å². The summed E-state index contributed by atoms with van der Waals surface area (Å²) < 4.78 is 2.50. The van der Waals surface area contributed by atoms with E-state index in [-0.39, 0.29) is 0 Å². The third-order valence-corrected chi connectivity index (χ3v) is 3.06. The van der Waals surface area contributed by atoms with Crippen LogP contribution in [0, 0.1) is 0 Å². The van der Waals surface area contributed by atoms with Crippen molar-refractivity contribution in [3.8, 4) is 0 Å². The molecule has 0 aromatic rings. The third kappa shape index (κ3) is 1.77. The van der Waals surface area contributed by atoms with Gasteiger partial charge in [0.1, 0.15) is 6.54 Å². The molecule has 0 aliphatic carbocycles. The van der Waals surface area contributed by atoms with Crippen molar-refractivity contribution in [1.82, 2.24) is 4.90 Å². The molecule has 0 saturated carbocycles. The molecule has 0 N–H and O–H groups in total. The van der Waals surface area contributed by atoms with Crippen molar-refractivity contribution in [3.05, 3.63) is 12.3 Å². The summed E-state index contributed by atoms with van der Waals surface area (Å²) in [4.78, 5) is 2.45. The molecular formula is C11H19N2+. The summed E-state index contributed by atoms with van der Waals surface area (Å²) in [5, 5.41) is 0.